The third-order valence-corrected chi connectivity index (χ3v) is 10.7. The van der Waals surface area contributed by atoms with Gasteiger partial charge in [0.15, 0.2) is 0 Å². The molecule has 138 valence electrons. The number of benzene rings is 2. The van der Waals surface area contributed by atoms with Gasteiger partial charge in [-0.3, -0.25) is 0 Å². The van der Waals surface area contributed by atoms with Gasteiger partial charge in [-0.1, -0.05) is 93.1 Å². The van der Waals surface area contributed by atoms with Gasteiger partial charge in [0.05, 0.1) is 0 Å². The van der Waals surface area contributed by atoms with Gasteiger partial charge in [-0.25, -0.2) is 0 Å². The number of hydrogen-bond acceptors (Lipinski definition) is 1. The van der Waals surface area contributed by atoms with Gasteiger partial charge in [-0.2, -0.15) is 0 Å². The van der Waals surface area contributed by atoms with Crippen LogP contribution in [0.5, 0.6) is 0 Å². The maximum Gasteiger partial charge on any atom is 0.261 e. The van der Waals surface area contributed by atoms with Crippen LogP contribution in [0.25, 0.3) is 0 Å². The van der Waals surface area contributed by atoms with Crippen molar-refractivity contribution < 1.29 is 4.43 Å². The molecule has 0 amide bonds. The molecule has 1 unspecified atom stereocenters. The highest BCUT2D eigenvalue weighted by molar-refractivity contribution is 6.99. The van der Waals surface area contributed by atoms with E-state index in [1.807, 2.05) is 0 Å². The Balaban J connectivity index is 2.00. The summed E-state index contributed by atoms with van der Waals surface area (Å²) in [6.07, 6.45) is 6.03. The van der Waals surface area contributed by atoms with E-state index in [4.69, 9.17) is 4.43 Å². The quantitative estimate of drug-likeness (QED) is 0.516. The molecule has 26 heavy (non-hydrogen) atoms. The topological polar surface area (TPSA) is 9.23 Å². The first-order valence-corrected chi connectivity index (χ1v) is 11.7. The van der Waals surface area contributed by atoms with E-state index in [-0.39, 0.29) is 5.04 Å². The summed E-state index contributed by atoms with van der Waals surface area (Å²) in [5.41, 5.74) is 1.53. The van der Waals surface area contributed by atoms with Gasteiger partial charge < -0.3 is 4.43 Å². The SMILES string of the molecule is CC1=CCC(CO[Si](c2ccccc2)(c2ccccc2)C(C)(C)C)CC1. The van der Waals surface area contributed by atoms with E-state index in [1.165, 1.54) is 28.8 Å². The van der Waals surface area contributed by atoms with Crippen molar-refractivity contribution in [2.45, 2.75) is 52.0 Å². The number of hydrogen-bond donors (Lipinski definition) is 0. The molecule has 1 atom stereocenters. The highest BCUT2D eigenvalue weighted by Crippen LogP contribution is 2.37. The minimum Gasteiger partial charge on any atom is -0.407 e. The van der Waals surface area contributed by atoms with Gasteiger partial charge in [-0.15, -0.1) is 0 Å². The molecule has 0 saturated heterocycles. The smallest absolute Gasteiger partial charge is 0.261 e. The van der Waals surface area contributed by atoms with E-state index in [0.717, 1.165) is 13.0 Å². The fourth-order valence-corrected chi connectivity index (χ4v) is 8.82. The van der Waals surface area contributed by atoms with Crippen LogP contribution in [0.1, 0.15) is 47.0 Å². The highest BCUT2D eigenvalue weighted by Gasteiger charge is 2.50. The van der Waals surface area contributed by atoms with Crippen molar-refractivity contribution in [1.82, 2.24) is 0 Å². The fourth-order valence-electron chi connectivity index (χ4n) is 4.18. The predicted molar refractivity (Wildman–Crippen MR) is 115 cm³/mol. The summed E-state index contributed by atoms with van der Waals surface area (Å²) in [5, 5.41) is 2.82. The summed E-state index contributed by atoms with van der Waals surface area (Å²) in [4.78, 5) is 0. The molecule has 0 aromatic heterocycles. The minimum atomic E-state index is -2.37. The van der Waals surface area contributed by atoms with Crippen molar-refractivity contribution in [1.29, 1.82) is 0 Å². The molecule has 2 aromatic rings. The molecule has 0 heterocycles. The normalized spacial score (nSPS) is 18.5. The Kier molecular flexibility index (Phi) is 5.84. The van der Waals surface area contributed by atoms with Gasteiger partial charge in [0.25, 0.3) is 8.32 Å². The van der Waals surface area contributed by atoms with E-state index >= 15 is 0 Å². The Hall–Kier alpha value is -1.64. The van der Waals surface area contributed by atoms with E-state index < -0.39 is 8.32 Å². The van der Waals surface area contributed by atoms with Crippen LogP contribution in [-0.2, 0) is 4.43 Å². The van der Waals surface area contributed by atoms with Crippen LogP contribution in [0.3, 0.4) is 0 Å². The van der Waals surface area contributed by atoms with Gasteiger partial charge >= 0.3 is 0 Å². The molecule has 2 heteroatoms. The zero-order valence-electron chi connectivity index (χ0n) is 16.7. The van der Waals surface area contributed by atoms with Crippen molar-refractivity contribution in [3.05, 3.63) is 72.3 Å². The highest BCUT2D eigenvalue weighted by atomic mass is 28.4. The summed E-state index contributed by atoms with van der Waals surface area (Å²) < 4.78 is 7.05. The van der Waals surface area contributed by atoms with Crippen molar-refractivity contribution in [3.63, 3.8) is 0 Å². The first-order valence-electron chi connectivity index (χ1n) is 9.84. The van der Waals surface area contributed by atoms with Gasteiger partial charge in [-0.05, 0) is 47.5 Å². The molecular formula is C24H32OSi. The summed E-state index contributed by atoms with van der Waals surface area (Å²) in [5.74, 6) is 0.639. The molecule has 0 radical (unpaired) electrons. The second kappa shape index (κ2) is 7.94. The van der Waals surface area contributed by atoms with E-state index in [2.05, 4.69) is 94.4 Å². The number of allylic oxidation sites excluding steroid dienone is 2. The molecule has 0 spiro atoms. The second-order valence-corrected chi connectivity index (χ2v) is 13.0. The minimum absolute atomic E-state index is 0.0656. The van der Waals surface area contributed by atoms with Crippen LogP contribution < -0.4 is 10.4 Å². The number of rotatable bonds is 5. The van der Waals surface area contributed by atoms with E-state index in [0.29, 0.717) is 5.92 Å². The largest absolute Gasteiger partial charge is 0.407 e. The molecule has 3 rings (SSSR count). The lowest BCUT2D eigenvalue weighted by Crippen LogP contribution is -2.66. The molecule has 2 aromatic carbocycles. The van der Waals surface area contributed by atoms with Crippen molar-refractivity contribution >= 4 is 18.7 Å². The average Bonchev–Trinajstić information content (AvgIpc) is 2.64. The van der Waals surface area contributed by atoms with E-state index in [1.54, 1.807) is 0 Å². The summed E-state index contributed by atoms with van der Waals surface area (Å²) in [6.45, 7) is 10.2. The standard InChI is InChI=1S/C24H32OSi/c1-20-15-17-21(18-16-20)19-25-26(24(2,3)4,22-11-7-5-8-12-22)23-13-9-6-10-14-23/h5-15,21H,16-19H2,1-4H3. The molecule has 0 aliphatic heterocycles. The maximum absolute atomic E-state index is 7.05. The second-order valence-electron chi connectivity index (χ2n) is 8.67. The molecule has 1 aliphatic carbocycles. The predicted octanol–water partition coefficient (Wildman–Crippen LogP) is 5.31. The summed E-state index contributed by atoms with van der Waals surface area (Å²) in [7, 11) is -2.37. The van der Waals surface area contributed by atoms with Crippen LogP contribution in [0.4, 0.5) is 0 Å². The zero-order valence-corrected chi connectivity index (χ0v) is 17.7. The van der Waals surface area contributed by atoms with Crippen molar-refractivity contribution in [3.8, 4) is 0 Å². The molecule has 1 aliphatic rings. The first kappa shape index (κ1) is 19.1. The molecule has 0 N–H and O–H groups in total. The van der Waals surface area contributed by atoms with E-state index in [9.17, 15) is 0 Å². The summed E-state index contributed by atoms with van der Waals surface area (Å²) >= 11 is 0. The molecule has 0 bridgehead atoms. The lowest BCUT2D eigenvalue weighted by molar-refractivity contribution is 0.224. The fraction of sp³-hybridized carbons (Fsp3) is 0.417. The monoisotopic (exact) mass is 364 g/mol. The molecule has 0 saturated carbocycles. The molecular weight excluding hydrogens is 332 g/mol. The van der Waals surface area contributed by atoms with Crippen LogP contribution in [0, 0.1) is 5.92 Å². The first-order chi connectivity index (χ1) is 12.4. The Bertz CT molecular complexity index is 688. The summed E-state index contributed by atoms with van der Waals surface area (Å²) in [6, 6.07) is 21.9. The average molecular weight is 365 g/mol. The van der Waals surface area contributed by atoms with Crippen LogP contribution in [-0.4, -0.2) is 14.9 Å². The Morgan fingerprint density at radius 3 is 1.88 bits per heavy atom. The lowest BCUT2D eigenvalue weighted by Gasteiger charge is -2.44. The zero-order chi connectivity index (χ0) is 18.6. The molecule has 1 nitrogen and oxygen atoms in total. The van der Waals surface area contributed by atoms with Crippen molar-refractivity contribution in [2.75, 3.05) is 6.61 Å². The Morgan fingerprint density at radius 1 is 0.923 bits per heavy atom. The maximum atomic E-state index is 7.05. The van der Waals surface area contributed by atoms with Crippen LogP contribution in [0.2, 0.25) is 5.04 Å². The lowest BCUT2D eigenvalue weighted by atomic mass is 9.91. The van der Waals surface area contributed by atoms with Gasteiger partial charge in [0.2, 0.25) is 0 Å². The van der Waals surface area contributed by atoms with Gasteiger partial charge in [0.1, 0.15) is 0 Å². The Morgan fingerprint density at radius 2 is 1.46 bits per heavy atom. The van der Waals surface area contributed by atoms with Crippen LogP contribution in [0.15, 0.2) is 72.3 Å². The van der Waals surface area contributed by atoms with Crippen LogP contribution >= 0.6 is 0 Å². The third kappa shape index (κ3) is 3.87. The van der Waals surface area contributed by atoms with Gasteiger partial charge in [0, 0.05) is 6.61 Å². The van der Waals surface area contributed by atoms with Crippen molar-refractivity contribution in [2.24, 2.45) is 5.92 Å². The molecule has 0 fully saturated rings. The third-order valence-electron chi connectivity index (χ3n) is 5.70. The Labute approximate surface area is 160 Å².